The number of urea groups is 1. The van der Waals surface area contributed by atoms with Gasteiger partial charge in [-0.2, -0.15) is 0 Å². The van der Waals surface area contributed by atoms with Crippen molar-refractivity contribution in [2.75, 3.05) is 0 Å². The Balaban J connectivity index is 2.89. The monoisotopic (exact) mass is 392 g/mol. The molecule has 0 heterocycles. The summed E-state index contributed by atoms with van der Waals surface area (Å²) in [7, 11) is 0. The first-order chi connectivity index (χ1) is 8.81. The maximum atomic E-state index is 11.8. The number of nitrogens with two attached hydrogens (primary N) is 1. The van der Waals surface area contributed by atoms with E-state index in [4.69, 9.17) is 10.5 Å². The van der Waals surface area contributed by atoms with E-state index in [9.17, 15) is 9.59 Å². The van der Waals surface area contributed by atoms with Crippen molar-refractivity contribution in [1.82, 2.24) is 5.32 Å². The molecule has 0 aromatic heterocycles. The van der Waals surface area contributed by atoms with Crippen molar-refractivity contribution in [2.45, 2.75) is 20.0 Å². The molecular weight excluding hydrogens is 380 g/mol. The van der Waals surface area contributed by atoms with Crippen LogP contribution in [0, 0.1) is 5.92 Å². The summed E-state index contributed by atoms with van der Waals surface area (Å²) in [5, 5.41) is 2.03. The Morgan fingerprint density at radius 1 is 1.32 bits per heavy atom. The number of primary amides is 1. The van der Waals surface area contributed by atoms with E-state index in [2.05, 4.69) is 31.9 Å². The van der Waals surface area contributed by atoms with E-state index < -0.39 is 18.0 Å². The molecule has 1 rings (SSSR count). The average molecular weight is 394 g/mol. The topological polar surface area (TPSA) is 81.4 Å². The van der Waals surface area contributed by atoms with Gasteiger partial charge in [-0.3, -0.25) is 10.1 Å². The fourth-order valence-electron chi connectivity index (χ4n) is 1.39. The molecule has 3 amide bonds. The molecule has 0 saturated carbocycles. The highest BCUT2D eigenvalue weighted by molar-refractivity contribution is 9.11. The molecule has 7 heteroatoms. The van der Waals surface area contributed by atoms with Gasteiger partial charge in [0.1, 0.15) is 5.75 Å². The highest BCUT2D eigenvalue weighted by atomic mass is 79.9. The second-order valence-electron chi connectivity index (χ2n) is 4.21. The summed E-state index contributed by atoms with van der Waals surface area (Å²) in [4.78, 5) is 22.5. The largest absolute Gasteiger partial charge is 0.479 e. The lowest BCUT2D eigenvalue weighted by Gasteiger charge is -2.21. The van der Waals surface area contributed by atoms with Gasteiger partial charge in [0.15, 0.2) is 6.10 Å². The third-order valence-corrected chi connectivity index (χ3v) is 3.37. The van der Waals surface area contributed by atoms with Crippen molar-refractivity contribution in [3.05, 3.63) is 27.1 Å². The van der Waals surface area contributed by atoms with Crippen molar-refractivity contribution in [2.24, 2.45) is 11.7 Å². The number of rotatable bonds is 4. The van der Waals surface area contributed by atoms with Gasteiger partial charge in [0, 0.05) is 4.47 Å². The van der Waals surface area contributed by atoms with Gasteiger partial charge >= 0.3 is 6.03 Å². The van der Waals surface area contributed by atoms with Gasteiger partial charge < -0.3 is 10.5 Å². The van der Waals surface area contributed by atoms with Crippen LogP contribution in [0.5, 0.6) is 5.75 Å². The number of nitrogens with one attached hydrogen (secondary N) is 1. The number of benzene rings is 1. The minimum absolute atomic E-state index is 0.116. The van der Waals surface area contributed by atoms with Crippen LogP contribution in [0.2, 0.25) is 0 Å². The molecule has 0 bridgehead atoms. The first kappa shape index (κ1) is 16.0. The number of carbonyl (C=O) groups excluding carboxylic acids is 2. The summed E-state index contributed by atoms with van der Waals surface area (Å²) in [5.74, 6) is -0.159. The summed E-state index contributed by atoms with van der Waals surface area (Å²) >= 11 is 6.67. The molecule has 5 nitrogen and oxygen atoms in total. The van der Waals surface area contributed by atoms with Crippen molar-refractivity contribution >= 4 is 43.8 Å². The smallest absolute Gasteiger partial charge is 0.318 e. The van der Waals surface area contributed by atoms with Crippen molar-refractivity contribution < 1.29 is 14.3 Å². The Hall–Kier alpha value is -1.08. The van der Waals surface area contributed by atoms with Gasteiger partial charge in [0.25, 0.3) is 5.91 Å². The summed E-state index contributed by atoms with van der Waals surface area (Å²) in [6.45, 7) is 3.63. The van der Waals surface area contributed by atoms with Crippen LogP contribution >= 0.6 is 31.9 Å². The zero-order valence-electron chi connectivity index (χ0n) is 10.4. The summed E-state index contributed by atoms with van der Waals surface area (Å²) in [5.41, 5.74) is 4.93. The van der Waals surface area contributed by atoms with Crippen LogP contribution in [0.15, 0.2) is 27.1 Å². The van der Waals surface area contributed by atoms with Gasteiger partial charge in [0.2, 0.25) is 0 Å². The van der Waals surface area contributed by atoms with E-state index in [-0.39, 0.29) is 5.92 Å². The molecular formula is C12H14Br2N2O3. The number of halogens is 2. The van der Waals surface area contributed by atoms with Gasteiger partial charge in [-0.25, -0.2) is 4.79 Å². The van der Waals surface area contributed by atoms with Gasteiger partial charge in [-0.1, -0.05) is 29.8 Å². The molecule has 0 aliphatic rings. The standard InChI is InChI=1S/C12H14Br2N2O3/c1-6(2)10(11(17)16-12(15)18)19-9-4-3-7(13)5-8(9)14/h3-6,10H,1-2H3,(H3,15,16,17,18)/t10-/m0/s1. The van der Waals surface area contributed by atoms with Crippen LogP contribution in [-0.4, -0.2) is 18.0 Å². The first-order valence-corrected chi connectivity index (χ1v) is 7.12. The SMILES string of the molecule is CC(C)[C@H](Oc1ccc(Br)cc1Br)C(=O)NC(N)=O. The minimum atomic E-state index is -0.894. The van der Waals surface area contributed by atoms with Gasteiger partial charge in [0.05, 0.1) is 4.47 Å². The molecule has 0 aliphatic carbocycles. The molecule has 0 spiro atoms. The van der Waals surface area contributed by atoms with Gasteiger partial charge in [-0.15, -0.1) is 0 Å². The third kappa shape index (κ3) is 4.83. The molecule has 0 radical (unpaired) electrons. The zero-order chi connectivity index (χ0) is 14.6. The lowest BCUT2D eigenvalue weighted by Crippen LogP contribution is -2.46. The Labute approximate surface area is 128 Å². The lowest BCUT2D eigenvalue weighted by atomic mass is 10.1. The number of carbonyl (C=O) groups is 2. The first-order valence-electron chi connectivity index (χ1n) is 5.53. The van der Waals surface area contributed by atoms with E-state index in [0.29, 0.717) is 10.2 Å². The predicted octanol–water partition coefficient (Wildman–Crippen LogP) is 2.81. The van der Waals surface area contributed by atoms with E-state index in [1.54, 1.807) is 18.2 Å². The third-order valence-electron chi connectivity index (χ3n) is 2.26. The lowest BCUT2D eigenvalue weighted by molar-refractivity contribution is -0.128. The van der Waals surface area contributed by atoms with Crippen molar-refractivity contribution in [3.63, 3.8) is 0 Å². The molecule has 3 N–H and O–H groups in total. The maximum absolute atomic E-state index is 11.8. The zero-order valence-corrected chi connectivity index (χ0v) is 13.6. The number of ether oxygens (including phenoxy) is 1. The van der Waals surface area contributed by atoms with E-state index in [0.717, 1.165) is 4.47 Å². The molecule has 0 unspecified atom stereocenters. The van der Waals surface area contributed by atoms with Crippen LogP contribution in [0.3, 0.4) is 0 Å². The van der Waals surface area contributed by atoms with Crippen LogP contribution in [0.4, 0.5) is 4.79 Å². The fourth-order valence-corrected chi connectivity index (χ4v) is 2.53. The average Bonchev–Trinajstić information content (AvgIpc) is 2.26. The number of amides is 3. The number of hydrogen-bond acceptors (Lipinski definition) is 3. The second kappa shape index (κ2) is 6.91. The normalized spacial score (nSPS) is 12.1. The van der Waals surface area contributed by atoms with Crippen molar-refractivity contribution in [3.8, 4) is 5.75 Å². The van der Waals surface area contributed by atoms with E-state index in [1.807, 2.05) is 19.2 Å². The number of hydrogen-bond donors (Lipinski definition) is 2. The Kier molecular flexibility index (Phi) is 5.81. The molecule has 0 aliphatic heterocycles. The summed E-state index contributed by atoms with van der Waals surface area (Å²) in [6, 6.07) is 4.43. The fraction of sp³-hybridized carbons (Fsp3) is 0.333. The molecule has 1 atom stereocenters. The highest BCUT2D eigenvalue weighted by Gasteiger charge is 2.26. The van der Waals surface area contributed by atoms with Gasteiger partial charge in [-0.05, 0) is 40.0 Å². The van der Waals surface area contributed by atoms with Crippen LogP contribution < -0.4 is 15.8 Å². The van der Waals surface area contributed by atoms with Crippen LogP contribution in [0.25, 0.3) is 0 Å². The maximum Gasteiger partial charge on any atom is 0.318 e. The Bertz CT molecular complexity index is 492. The van der Waals surface area contributed by atoms with E-state index in [1.165, 1.54) is 0 Å². The molecule has 0 fully saturated rings. The molecule has 0 saturated heterocycles. The molecule has 104 valence electrons. The Morgan fingerprint density at radius 2 is 1.95 bits per heavy atom. The Morgan fingerprint density at radius 3 is 2.42 bits per heavy atom. The predicted molar refractivity (Wildman–Crippen MR) is 78.8 cm³/mol. The molecule has 1 aromatic carbocycles. The number of imide groups is 1. The minimum Gasteiger partial charge on any atom is -0.479 e. The van der Waals surface area contributed by atoms with Crippen LogP contribution in [0.1, 0.15) is 13.8 Å². The van der Waals surface area contributed by atoms with Crippen LogP contribution in [-0.2, 0) is 4.79 Å². The summed E-state index contributed by atoms with van der Waals surface area (Å²) < 4.78 is 7.23. The summed E-state index contributed by atoms with van der Waals surface area (Å²) in [6.07, 6.45) is -0.801. The second-order valence-corrected chi connectivity index (χ2v) is 5.98. The molecule has 1 aromatic rings. The quantitative estimate of drug-likeness (QED) is 0.825. The molecule has 19 heavy (non-hydrogen) atoms. The van der Waals surface area contributed by atoms with Crippen molar-refractivity contribution in [1.29, 1.82) is 0 Å². The highest BCUT2D eigenvalue weighted by Crippen LogP contribution is 2.29. The van der Waals surface area contributed by atoms with E-state index >= 15 is 0 Å².